The Morgan fingerprint density at radius 3 is 2.19 bits per heavy atom. The molecule has 0 spiro atoms. The molecular formula is C12H14O4. The quantitative estimate of drug-likeness (QED) is 0.817. The summed E-state index contributed by atoms with van der Waals surface area (Å²) < 4.78 is 0. The lowest BCUT2D eigenvalue weighted by Crippen LogP contribution is -2.09. The number of aryl methyl sites for hydroxylation is 2. The van der Waals surface area contributed by atoms with E-state index in [1.165, 1.54) is 0 Å². The van der Waals surface area contributed by atoms with Crippen LogP contribution in [0, 0.1) is 13.8 Å². The van der Waals surface area contributed by atoms with Crippen LogP contribution in [0.15, 0.2) is 12.1 Å². The van der Waals surface area contributed by atoms with Gasteiger partial charge in [-0.1, -0.05) is 12.1 Å². The predicted octanol–water partition coefficient (Wildman–Crippen LogP) is 2.02. The fourth-order valence-electron chi connectivity index (χ4n) is 1.72. The Hall–Kier alpha value is -1.84. The van der Waals surface area contributed by atoms with Gasteiger partial charge in [0.2, 0.25) is 0 Å². The molecule has 0 amide bonds. The van der Waals surface area contributed by atoms with E-state index in [9.17, 15) is 9.59 Å². The van der Waals surface area contributed by atoms with Crippen LogP contribution in [0.2, 0.25) is 0 Å². The third kappa shape index (κ3) is 2.59. The minimum Gasteiger partial charge on any atom is -0.481 e. The van der Waals surface area contributed by atoms with Crippen molar-refractivity contribution in [1.29, 1.82) is 0 Å². The van der Waals surface area contributed by atoms with Crippen LogP contribution >= 0.6 is 0 Å². The van der Waals surface area contributed by atoms with E-state index in [4.69, 9.17) is 10.2 Å². The van der Waals surface area contributed by atoms with Gasteiger partial charge in [0.05, 0.1) is 5.56 Å². The van der Waals surface area contributed by atoms with Gasteiger partial charge in [0.15, 0.2) is 0 Å². The van der Waals surface area contributed by atoms with Gasteiger partial charge < -0.3 is 10.2 Å². The summed E-state index contributed by atoms with van der Waals surface area (Å²) in [6.45, 7) is 3.51. The lowest BCUT2D eigenvalue weighted by atomic mass is 9.94. The van der Waals surface area contributed by atoms with Crippen molar-refractivity contribution in [2.75, 3.05) is 0 Å². The number of hydrogen-bond acceptors (Lipinski definition) is 2. The molecule has 0 aliphatic carbocycles. The lowest BCUT2D eigenvalue weighted by molar-refractivity contribution is -0.136. The maximum absolute atomic E-state index is 11.1. The highest BCUT2D eigenvalue weighted by Gasteiger charge is 2.15. The first-order chi connectivity index (χ1) is 7.43. The Bertz CT molecular complexity index is 435. The maximum atomic E-state index is 11.1. The Morgan fingerprint density at radius 2 is 1.69 bits per heavy atom. The summed E-state index contributed by atoms with van der Waals surface area (Å²) in [5, 5.41) is 17.7. The molecule has 1 rings (SSSR count). The highest BCUT2D eigenvalue weighted by molar-refractivity contribution is 5.91. The number of benzene rings is 1. The summed E-state index contributed by atoms with van der Waals surface area (Å²) in [4.78, 5) is 21.6. The molecule has 0 fully saturated rings. The fraction of sp³-hybridized carbons (Fsp3) is 0.333. The number of carboxylic acids is 2. The van der Waals surface area contributed by atoms with Crippen LogP contribution in [0.4, 0.5) is 0 Å². The molecule has 16 heavy (non-hydrogen) atoms. The minimum atomic E-state index is -0.999. The topological polar surface area (TPSA) is 74.6 Å². The highest BCUT2D eigenvalue weighted by atomic mass is 16.4. The third-order valence-corrected chi connectivity index (χ3v) is 2.56. The molecule has 0 heterocycles. The molecule has 0 saturated carbocycles. The van der Waals surface area contributed by atoms with E-state index in [2.05, 4.69) is 0 Å². The van der Waals surface area contributed by atoms with E-state index in [0.717, 1.165) is 5.56 Å². The average Bonchev–Trinajstić information content (AvgIpc) is 2.18. The Morgan fingerprint density at radius 1 is 1.12 bits per heavy atom. The van der Waals surface area contributed by atoms with Crippen molar-refractivity contribution in [2.24, 2.45) is 0 Å². The van der Waals surface area contributed by atoms with Gasteiger partial charge in [0.1, 0.15) is 0 Å². The molecule has 0 aliphatic heterocycles. The van der Waals surface area contributed by atoms with Crippen molar-refractivity contribution in [2.45, 2.75) is 26.7 Å². The molecule has 4 nitrogen and oxygen atoms in total. The molecule has 1 aromatic rings. The Balaban J connectivity index is 3.18. The van der Waals surface area contributed by atoms with Gasteiger partial charge >= 0.3 is 11.9 Å². The van der Waals surface area contributed by atoms with Crippen molar-refractivity contribution in [3.63, 3.8) is 0 Å². The molecule has 2 N–H and O–H groups in total. The monoisotopic (exact) mass is 222 g/mol. The van der Waals surface area contributed by atoms with Gasteiger partial charge in [0.25, 0.3) is 0 Å². The number of aliphatic carboxylic acids is 1. The van der Waals surface area contributed by atoms with Gasteiger partial charge in [-0.3, -0.25) is 4.79 Å². The lowest BCUT2D eigenvalue weighted by Gasteiger charge is -2.11. The van der Waals surface area contributed by atoms with Crippen molar-refractivity contribution in [3.05, 3.63) is 34.4 Å². The normalized spacial score (nSPS) is 10.1. The van der Waals surface area contributed by atoms with Crippen molar-refractivity contribution < 1.29 is 19.8 Å². The number of carboxylic acid groups (broad SMARTS) is 2. The van der Waals surface area contributed by atoms with E-state index in [-0.39, 0.29) is 18.4 Å². The van der Waals surface area contributed by atoms with E-state index in [0.29, 0.717) is 11.1 Å². The van der Waals surface area contributed by atoms with Gasteiger partial charge in [-0.15, -0.1) is 0 Å². The van der Waals surface area contributed by atoms with Crippen molar-refractivity contribution in [1.82, 2.24) is 0 Å². The van der Waals surface area contributed by atoms with Crippen LogP contribution < -0.4 is 0 Å². The molecule has 0 aliphatic rings. The number of hydrogen-bond donors (Lipinski definition) is 2. The summed E-state index contributed by atoms with van der Waals surface area (Å²) in [6.07, 6.45) is 0.203. The van der Waals surface area contributed by atoms with Crippen molar-refractivity contribution in [3.8, 4) is 0 Å². The molecule has 0 unspecified atom stereocenters. The van der Waals surface area contributed by atoms with Crippen molar-refractivity contribution >= 4 is 11.9 Å². The molecule has 4 heteroatoms. The zero-order chi connectivity index (χ0) is 12.3. The van der Waals surface area contributed by atoms with Crippen LogP contribution in [0.3, 0.4) is 0 Å². The van der Waals surface area contributed by atoms with Gasteiger partial charge in [0, 0.05) is 6.42 Å². The third-order valence-electron chi connectivity index (χ3n) is 2.56. The SMILES string of the molecule is Cc1ccc(C)c(C(=O)O)c1CCC(=O)O. The molecular weight excluding hydrogens is 208 g/mol. The molecule has 1 aromatic carbocycles. The maximum Gasteiger partial charge on any atom is 0.336 e. The summed E-state index contributed by atoms with van der Waals surface area (Å²) in [7, 11) is 0. The van der Waals surface area contributed by atoms with Crippen LogP contribution in [-0.4, -0.2) is 22.2 Å². The fourth-order valence-corrected chi connectivity index (χ4v) is 1.72. The summed E-state index contributed by atoms with van der Waals surface area (Å²) in [6, 6.07) is 3.56. The molecule has 86 valence electrons. The molecule has 0 atom stereocenters. The second-order valence-corrected chi connectivity index (χ2v) is 3.75. The van der Waals surface area contributed by atoms with Crippen LogP contribution in [0.25, 0.3) is 0 Å². The van der Waals surface area contributed by atoms with Gasteiger partial charge in [-0.25, -0.2) is 4.79 Å². The highest BCUT2D eigenvalue weighted by Crippen LogP contribution is 2.20. The van der Waals surface area contributed by atoms with Gasteiger partial charge in [-0.05, 0) is 37.0 Å². The minimum absolute atomic E-state index is 0.0510. The second-order valence-electron chi connectivity index (χ2n) is 3.75. The molecule has 0 aromatic heterocycles. The smallest absolute Gasteiger partial charge is 0.336 e. The van der Waals surface area contributed by atoms with Gasteiger partial charge in [-0.2, -0.15) is 0 Å². The summed E-state index contributed by atoms with van der Waals surface area (Å²) >= 11 is 0. The van der Waals surface area contributed by atoms with E-state index < -0.39 is 11.9 Å². The van der Waals surface area contributed by atoms with E-state index >= 15 is 0 Å². The molecule has 0 saturated heterocycles. The molecule has 0 radical (unpaired) electrons. The first-order valence-electron chi connectivity index (χ1n) is 4.97. The predicted molar refractivity (Wildman–Crippen MR) is 58.8 cm³/mol. The zero-order valence-corrected chi connectivity index (χ0v) is 9.28. The summed E-state index contributed by atoms with van der Waals surface area (Å²) in [5.74, 6) is -1.92. The number of rotatable bonds is 4. The van der Waals surface area contributed by atoms with Crippen LogP contribution in [0.5, 0.6) is 0 Å². The van der Waals surface area contributed by atoms with Crippen LogP contribution in [0.1, 0.15) is 33.5 Å². The number of aromatic carboxylic acids is 1. The van der Waals surface area contributed by atoms with E-state index in [1.807, 2.05) is 6.07 Å². The summed E-state index contributed by atoms with van der Waals surface area (Å²) in [5.41, 5.74) is 2.35. The van der Waals surface area contributed by atoms with E-state index in [1.54, 1.807) is 19.9 Å². The standard InChI is InChI=1S/C12H14O4/c1-7-3-4-8(2)11(12(15)16)9(7)5-6-10(13)14/h3-4H,5-6H2,1-2H3,(H,13,14)(H,15,16). The molecule has 0 bridgehead atoms. The average molecular weight is 222 g/mol. The Kier molecular flexibility index (Phi) is 3.66. The zero-order valence-electron chi connectivity index (χ0n) is 9.28. The first kappa shape index (κ1) is 12.2. The van der Waals surface area contributed by atoms with Crippen LogP contribution in [-0.2, 0) is 11.2 Å². The first-order valence-corrected chi connectivity index (χ1v) is 4.97. The number of carbonyl (C=O) groups is 2. The largest absolute Gasteiger partial charge is 0.481 e. The Labute approximate surface area is 93.5 Å². The second kappa shape index (κ2) is 4.79.